The highest BCUT2D eigenvalue weighted by atomic mass is 16.2. The lowest BCUT2D eigenvalue weighted by atomic mass is 10.2. The van der Waals surface area contributed by atoms with Crippen molar-refractivity contribution in [3.63, 3.8) is 0 Å². The second-order valence-electron chi connectivity index (χ2n) is 6.17. The maximum atomic E-state index is 12.1. The van der Waals surface area contributed by atoms with E-state index in [-0.39, 0.29) is 0 Å². The Morgan fingerprint density at radius 3 is 1.69 bits per heavy atom. The lowest BCUT2D eigenvalue weighted by Crippen LogP contribution is -2.34. The molecule has 3 aromatic rings. The van der Waals surface area contributed by atoms with Gasteiger partial charge in [0.15, 0.2) is 0 Å². The minimum Gasteiger partial charge on any atom is -0.307 e. The SMILES string of the molecule is Cc1ccc(NC(=O)NNc2ccccc2)cc1NC(=O)NNc1ccccc1. The molecule has 0 atom stereocenters. The van der Waals surface area contributed by atoms with E-state index in [1.165, 1.54) is 0 Å². The molecule has 0 aliphatic carbocycles. The van der Waals surface area contributed by atoms with E-state index in [2.05, 4.69) is 32.3 Å². The van der Waals surface area contributed by atoms with Gasteiger partial charge in [-0.2, -0.15) is 0 Å². The van der Waals surface area contributed by atoms with Gasteiger partial charge in [0.05, 0.1) is 11.4 Å². The Bertz CT molecular complexity index is 963. The van der Waals surface area contributed by atoms with Crippen LogP contribution in [0.5, 0.6) is 0 Å². The van der Waals surface area contributed by atoms with Crippen molar-refractivity contribution in [2.24, 2.45) is 0 Å². The lowest BCUT2D eigenvalue weighted by molar-refractivity contribution is 0.253. The van der Waals surface area contributed by atoms with E-state index in [0.717, 1.165) is 16.9 Å². The number of benzene rings is 3. The number of carbonyl (C=O) groups excluding carboxylic acids is 2. The first kappa shape index (κ1) is 19.6. The summed E-state index contributed by atoms with van der Waals surface area (Å²) in [6.07, 6.45) is 0. The van der Waals surface area contributed by atoms with Crippen LogP contribution in [0.25, 0.3) is 0 Å². The summed E-state index contributed by atoms with van der Waals surface area (Å²) in [6, 6.07) is 22.9. The van der Waals surface area contributed by atoms with Crippen molar-refractivity contribution < 1.29 is 9.59 Å². The number of hydrazine groups is 2. The summed E-state index contributed by atoms with van der Waals surface area (Å²) in [5, 5.41) is 5.46. The van der Waals surface area contributed by atoms with Crippen molar-refractivity contribution in [3.05, 3.63) is 84.4 Å². The van der Waals surface area contributed by atoms with Crippen LogP contribution in [0.3, 0.4) is 0 Å². The van der Waals surface area contributed by atoms with Crippen LogP contribution in [-0.2, 0) is 0 Å². The Labute approximate surface area is 168 Å². The molecule has 8 nitrogen and oxygen atoms in total. The average Bonchev–Trinajstić information content (AvgIpc) is 2.75. The normalized spacial score (nSPS) is 9.83. The van der Waals surface area contributed by atoms with Gasteiger partial charge in [-0.15, -0.1) is 0 Å². The van der Waals surface area contributed by atoms with Gasteiger partial charge >= 0.3 is 12.1 Å². The van der Waals surface area contributed by atoms with Crippen LogP contribution >= 0.6 is 0 Å². The van der Waals surface area contributed by atoms with E-state index >= 15 is 0 Å². The van der Waals surface area contributed by atoms with Crippen molar-refractivity contribution in [2.45, 2.75) is 6.92 Å². The van der Waals surface area contributed by atoms with Gasteiger partial charge in [0, 0.05) is 11.4 Å². The zero-order valence-corrected chi connectivity index (χ0v) is 15.8. The van der Waals surface area contributed by atoms with Crippen molar-refractivity contribution in [1.82, 2.24) is 10.9 Å². The van der Waals surface area contributed by atoms with Crippen LogP contribution in [0.2, 0.25) is 0 Å². The van der Waals surface area contributed by atoms with Crippen LogP contribution in [-0.4, -0.2) is 12.1 Å². The quantitative estimate of drug-likeness (QED) is 0.353. The van der Waals surface area contributed by atoms with E-state index in [0.29, 0.717) is 11.4 Å². The van der Waals surface area contributed by atoms with Crippen LogP contribution in [0.1, 0.15) is 5.56 Å². The monoisotopic (exact) mass is 390 g/mol. The van der Waals surface area contributed by atoms with Gasteiger partial charge in [-0.25, -0.2) is 9.59 Å². The second kappa shape index (κ2) is 9.65. The molecule has 0 aliphatic heterocycles. The van der Waals surface area contributed by atoms with Gasteiger partial charge in [0.2, 0.25) is 0 Å². The molecule has 6 N–H and O–H groups in total. The van der Waals surface area contributed by atoms with E-state index in [9.17, 15) is 9.59 Å². The molecule has 0 spiro atoms. The smallest absolute Gasteiger partial charge is 0.307 e. The fraction of sp³-hybridized carbons (Fsp3) is 0.0476. The fourth-order valence-corrected chi connectivity index (χ4v) is 2.45. The minimum atomic E-state index is -0.432. The third kappa shape index (κ3) is 6.17. The Kier molecular flexibility index (Phi) is 6.51. The summed E-state index contributed by atoms with van der Waals surface area (Å²) in [5.74, 6) is 0. The number of hydrogen-bond acceptors (Lipinski definition) is 4. The standard InChI is InChI=1S/C21H22N6O2/c1-15-12-13-18(22-20(28)26-24-16-8-4-2-5-9-16)14-19(15)23-21(29)27-25-17-10-6-3-7-11-17/h2-14,24-25H,1H3,(H2,22,26,28)(H2,23,27,29). The summed E-state index contributed by atoms with van der Waals surface area (Å²) in [4.78, 5) is 24.2. The molecule has 0 unspecified atom stereocenters. The predicted octanol–water partition coefficient (Wildman–Crippen LogP) is 4.29. The number of urea groups is 2. The maximum absolute atomic E-state index is 12.1. The van der Waals surface area contributed by atoms with Crippen LogP contribution < -0.4 is 32.3 Å². The highest BCUT2D eigenvalue weighted by Gasteiger charge is 2.07. The molecule has 4 amide bonds. The molecule has 8 heteroatoms. The first-order valence-electron chi connectivity index (χ1n) is 8.97. The van der Waals surface area contributed by atoms with Crippen LogP contribution in [0.4, 0.5) is 32.3 Å². The molecule has 0 radical (unpaired) electrons. The third-order valence-corrected chi connectivity index (χ3v) is 3.93. The number of hydrogen-bond donors (Lipinski definition) is 6. The number of amides is 4. The van der Waals surface area contributed by atoms with Crippen LogP contribution in [0.15, 0.2) is 78.9 Å². The first-order valence-corrected chi connectivity index (χ1v) is 8.97. The third-order valence-electron chi connectivity index (χ3n) is 3.93. The summed E-state index contributed by atoms with van der Waals surface area (Å²) >= 11 is 0. The van der Waals surface area contributed by atoms with Gasteiger partial charge in [-0.1, -0.05) is 42.5 Å². The van der Waals surface area contributed by atoms with Crippen molar-refractivity contribution in [1.29, 1.82) is 0 Å². The molecule has 29 heavy (non-hydrogen) atoms. The zero-order chi connectivity index (χ0) is 20.5. The molecule has 0 bridgehead atoms. The van der Waals surface area contributed by atoms with Crippen molar-refractivity contribution >= 4 is 34.8 Å². The molecular formula is C21H22N6O2. The Hall–Kier alpha value is -4.20. The highest BCUT2D eigenvalue weighted by molar-refractivity contribution is 5.94. The number of anilines is 4. The molecule has 0 saturated carbocycles. The summed E-state index contributed by atoms with van der Waals surface area (Å²) in [5.41, 5.74) is 14.2. The first-order chi connectivity index (χ1) is 14.1. The molecule has 0 heterocycles. The van der Waals surface area contributed by atoms with Crippen LogP contribution in [0, 0.1) is 6.92 Å². The number of rotatable bonds is 6. The molecule has 3 rings (SSSR count). The Morgan fingerprint density at radius 2 is 1.14 bits per heavy atom. The van der Waals surface area contributed by atoms with Gasteiger partial charge in [0.25, 0.3) is 0 Å². The molecule has 0 aliphatic rings. The summed E-state index contributed by atoms with van der Waals surface area (Å²) in [7, 11) is 0. The minimum absolute atomic E-state index is 0.427. The Balaban J connectivity index is 1.53. The number of aryl methyl sites for hydroxylation is 1. The summed E-state index contributed by atoms with van der Waals surface area (Å²) < 4.78 is 0. The van der Waals surface area contributed by atoms with E-state index in [1.54, 1.807) is 18.2 Å². The predicted molar refractivity (Wildman–Crippen MR) is 116 cm³/mol. The second-order valence-corrected chi connectivity index (χ2v) is 6.17. The topological polar surface area (TPSA) is 106 Å². The van der Waals surface area contributed by atoms with Crippen molar-refractivity contribution in [3.8, 4) is 0 Å². The van der Waals surface area contributed by atoms with Gasteiger partial charge < -0.3 is 10.6 Å². The fourth-order valence-electron chi connectivity index (χ4n) is 2.45. The Morgan fingerprint density at radius 1 is 0.621 bits per heavy atom. The number of para-hydroxylation sites is 2. The lowest BCUT2D eigenvalue weighted by Gasteiger charge is -2.14. The zero-order valence-electron chi connectivity index (χ0n) is 15.8. The maximum Gasteiger partial charge on any atom is 0.337 e. The summed E-state index contributed by atoms with van der Waals surface area (Å²) in [6.45, 7) is 1.86. The molecule has 0 fully saturated rings. The largest absolute Gasteiger partial charge is 0.337 e. The average molecular weight is 390 g/mol. The molecule has 148 valence electrons. The number of carbonyl (C=O) groups is 2. The van der Waals surface area contributed by atoms with Gasteiger partial charge in [-0.3, -0.25) is 21.7 Å². The van der Waals surface area contributed by atoms with E-state index in [4.69, 9.17) is 0 Å². The van der Waals surface area contributed by atoms with E-state index in [1.807, 2.05) is 67.6 Å². The van der Waals surface area contributed by atoms with Gasteiger partial charge in [-0.05, 0) is 48.9 Å². The highest BCUT2D eigenvalue weighted by Crippen LogP contribution is 2.20. The van der Waals surface area contributed by atoms with Gasteiger partial charge in [0.1, 0.15) is 0 Å². The van der Waals surface area contributed by atoms with E-state index < -0.39 is 12.1 Å². The molecular weight excluding hydrogens is 368 g/mol. The number of nitrogens with one attached hydrogen (secondary N) is 6. The molecule has 0 aromatic heterocycles. The van der Waals surface area contributed by atoms with Crippen molar-refractivity contribution in [2.75, 3.05) is 21.5 Å². The molecule has 3 aromatic carbocycles. The molecule has 0 saturated heterocycles.